The molecule has 0 bridgehead atoms. The third-order valence-corrected chi connectivity index (χ3v) is 3.21. The van der Waals surface area contributed by atoms with Crippen LogP contribution in [-0.2, 0) is 9.53 Å². The summed E-state index contributed by atoms with van der Waals surface area (Å²) in [5, 5.41) is 0. The molecule has 0 rings (SSSR count). The van der Waals surface area contributed by atoms with Gasteiger partial charge in [0.2, 0.25) is 6.43 Å². The van der Waals surface area contributed by atoms with Gasteiger partial charge < -0.3 is 4.74 Å². The number of hydrogen-bond acceptors (Lipinski definition) is 3. The lowest BCUT2D eigenvalue weighted by Gasteiger charge is -2.04. The number of hydrogen-bond donors (Lipinski definition) is 0. The van der Waals surface area contributed by atoms with Gasteiger partial charge in [-0.25, -0.2) is 8.78 Å². The van der Waals surface area contributed by atoms with Crippen molar-refractivity contribution in [1.29, 1.82) is 0 Å². The second-order valence-corrected chi connectivity index (χ2v) is 4.97. The molecule has 0 radical (unpaired) electrons. The largest absolute Gasteiger partial charge is 0.465 e. The van der Waals surface area contributed by atoms with Gasteiger partial charge in [0.25, 0.3) is 0 Å². The minimum absolute atomic E-state index is 0.0102. The molecule has 0 aromatic heterocycles. The monoisotopic (exact) mass is 268 g/mol. The molecule has 0 fully saturated rings. The number of halogens is 2. The van der Waals surface area contributed by atoms with Crippen molar-refractivity contribution in [3.8, 4) is 0 Å². The van der Waals surface area contributed by atoms with Crippen LogP contribution in [0.25, 0.3) is 0 Å². The fourth-order valence-electron chi connectivity index (χ4n) is 1.21. The summed E-state index contributed by atoms with van der Waals surface area (Å²) in [5.41, 5.74) is 0. The zero-order valence-electron chi connectivity index (χ0n) is 10.4. The zero-order chi connectivity index (χ0) is 12.9. The molecule has 17 heavy (non-hydrogen) atoms. The molecular formula is C12H22F2O2S. The van der Waals surface area contributed by atoms with Crippen LogP contribution < -0.4 is 0 Å². The molecule has 0 atom stereocenters. The number of ether oxygens (including phenoxy) is 1. The summed E-state index contributed by atoms with van der Waals surface area (Å²) in [7, 11) is 0. The predicted molar refractivity (Wildman–Crippen MR) is 67.7 cm³/mol. The smallest absolute Gasteiger partial charge is 0.315 e. The molecule has 0 unspecified atom stereocenters. The van der Waals surface area contributed by atoms with Crippen LogP contribution in [0.4, 0.5) is 8.78 Å². The van der Waals surface area contributed by atoms with E-state index in [1.54, 1.807) is 0 Å². The van der Waals surface area contributed by atoms with Crippen LogP contribution in [0.2, 0.25) is 0 Å². The Labute approximate surface area is 106 Å². The van der Waals surface area contributed by atoms with Gasteiger partial charge in [0, 0.05) is 6.42 Å². The Balaban J connectivity index is 3.14. The van der Waals surface area contributed by atoms with E-state index < -0.39 is 6.43 Å². The molecule has 0 aliphatic carbocycles. The third kappa shape index (κ3) is 13.6. The number of unbranched alkanes of at least 4 members (excludes halogenated alkanes) is 3. The lowest BCUT2D eigenvalue weighted by molar-refractivity contribution is -0.140. The highest BCUT2D eigenvalue weighted by atomic mass is 32.2. The molecule has 2 nitrogen and oxygen atoms in total. The van der Waals surface area contributed by atoms with Crippen LogP contribution in [-0.4, -0.2) is 30.5 Å². The Hall–Kier alpha value is -0.320. The van der Waals surface area contributed by atoms with E-state index in [-0.39, 0.29) is 12.4 Å². The highest BCUT2D eigenvalue weighted by Crippen LogP contribution is 2.11. The van der Waals surface area contributed by atoms with Crippen molar-refractivity contribution in [2.45, 2.75) is 51.9 Å². The van der Waals surface area contributed by atoms with Gasteiger partial charge in [0.15, 0.2) is 0 Å². The van der Waals surface area contributed by atoms with Crippen molar-refractivity contribution in [3.05, 3.63) is 0 Å². The van der Waals surface area contributed by atoms with Gasteiger partial charge in [0.1, 0.15) is 0 Å². The summed E-state index contributed by atoms with van der Waals surface area (Å²) >= 11 is 1.52. The third-order valence-electron chi connectivity index (χ3n) is 2.19. The van der Waals surface area contributed by atoms with Crippen molar-refractivity contribution in [2.75, 3.05) is 18.1 Å². The maximum Gasteiger partial charge on any atom is 0.315 e. The first-order chi connectivity index (χ1) is 8.16. The second kappa shape index (κ2) is 12.1. The summed E-state index contributed by atoms with van der Waals surface area (Å²) < 4.78 is 28.6. The molecule has 0 saturated carbocycles. The van der Waals surface area contributed by atoms with E-state index in [1.165, 1.54) is 11.8 Å². The normalized spacial score (nSPS) is 10.8. The highest BCUT2D eigenvalue weighted by Gasteiger charge is 2.03. The van der Waals surface area contributed by atoms with Crippen molar-refractivity contribution in [1.82, 2.24) is 0 Å². The van der Waals surface area contributed by atoms with Crippen LogP contribution in [0.3, 0.4) is 0 Å². The Morgan fingerprint density at radius 1 is 1.24 bits per heavy atom. The second-order valence-electron chi connectivity index (χ2n) is 3.87. The van der Waals surface area contributed by atoms with E-state index >= 15 is 0 Å². The Morgan fingerprint density at radius 3 is 2.65 bits per heavy atom. The Bertz CT molecular complexity index is 189. The lowest BCUT2D eigenvalue weighted by atomic mass is 10.2. The summed E-state index contributed by atoms with van der Waals surface area (Å²) in [5.74, 6) is 1.04. The zero-order valence-corrected chi connectivity index (χ0v) is 11.2. The molecule has 0 aromatic rings. The molecule has 0 aliphatic heterocycles. The molecule has 5 heteroatoms. The number of carbonyl (C=O) groups excluding carboxylic acids is 1. The maximum absolute atomic E-state index is 11.8. The molecule has 0 amide bonds. The van der Waals surface area contributed by atoms with Gasteiger partial charge in [-0.3, -0.25) is 4.79 Å². The first-order valence-corrected chi connectivity index (χ1v) is 7.33. The summed E-state index contributed by atoms with van der Waals surface area (Å²) in [6, 6.07) is 0. The van der Waals surface area contributed by atoms with Crippen LogP contribution in [0.5, 0.6) is 0 Å². The van der Waals surface area contributed by atoms with Crippen LogP contribution in [0, 0.1) is 0 Å². The fraction of sp³-hybridized carbons (Fsp3) is 0.917. The minimum atomic E-state index is -2.18. The lowest BCUT2D eigenvalue weighted by Crippen LogP contribution is -2.08. The predicted octanol–water partition coefficient (Wildman–Crippen LogP) is 3.89. The standard InChI is InChI=1S/C12H22F2O2S/c1-2-3-8-16-12(15)10-17-9-6-4-5-7-11(13)14/h11H,2-10H2,1H3. The van der Waals surface area contributed by atoms with E-state index in [2.05, 4.69) is 0 Å². The molecule has 0 aromatic carbocycles. The molecule has 0 N–H and O–H groups in total. The molecule has 0 aliphatic rings. The number of rotatable bonds is 11. The summed E-state index contributed by atoms with van der Waals surface area (Å²) in [6.45, 7) is 2.55. The van der Waals surface area contributed by atoms with Crippen LogP contribution >= 0.6 is 11.8 Å². The van der Waals surface area contributed by atoms with Crippen molar-refractivity contribution >= 4 is 17.7 Å². The van der Waals surface area contributed by atoms with Gasteiger partial charge in [-0.2, -0.15) is 11.8 Å². The number of thioether (sulfide) groups is 1. The molecule has 102 valence electrons. The fourth-order valence-corrected chi connectivity index (χ4v) is 2.01. The van der Waals surface area contributed by atoms with E-state index in [1.807, 2.05) is 6.92 Å². The maximum atomic E-state index is 11.8. The first kappa shape index (κ1) is 16.7. The Kier molecular flexibility index (Phi) is 11.9. The SMILES string of the molecule is CCCCOC(=O)CSCCCCCC(F)F. The van der Waals surface area contributed by atoms with Gasteiger partial charge in [-0.15, -0.1) is 0 Å². The topological polar surface area (TPSA) is 26.3 Å². The number of esters is 1. The minimum Gasteiger partial charge on any atom is -0.465 e. The quantitative estimate of drug-likeness (QED) is 0.420. The van der Waals surface area contributed by atoms with E-state index in [9.17, 15) is 13.6 Å². The van der Waals surface area contributed by atoms with Crippen molar-refractivity contribution in [2.24, 2.45) is 0 Å². The molecule has 0 heterocycles. The molecule has 0 spiro atoms. The van der Waals surface area contributed by atoms with E-state index in [0.29, 0.717) is 18.8 Å². The van der Waals surface area contributed by atoms with E-state index in [4.69, 9.17) is 4.74 Å². The summed E-state index contributed by atoms with van der Waals surface area (Å²) in [6.07, 6.45) is 2.00. The first-order valence-electron chi connectivity index (χ1n) is 6.18. The molecule has 0 saturated heterocycles. The average molecular weight is 268 g/mol. The van der Waals surface area contributed by atoms with Crippen LogP contribution in [0.15, 0.2) is 0 Å². The highest BCUT2D eigenvalue weighted by molar-refractivity contribution is 7.99. The van der Waals surface area contributed by atoms with Gasteiger partial charge in [-0.05, 0) is 25.0 Å². The number of carbonyl (C=O) groups is 1. The van der Waals surface area contributed by atoms with Crippen molar-refractivity contribution in [3.63, 3.8) is 0 Å². The Morgan fingerprint density at radius 2 is 2.00 bits per heavy atom. The molecular weight excluding hydrogens is 246 g/mol. The van der Waals surface area contributed by atoms with Gasteiger partial charge >= 0.3 is 5.97 Å². The number of alkyl halides is 2. The van der Waals surface area contributed by atoms with E-state index in [0.717, 1.165) is 31.4 Å². The van der Waals surface area contributed by atoms with Crippen molar-refractivity contribution < 1.29 is 18.3 Å². The summed E-state index contributed by atoms with van der Waals surface area (Å²) in [4.78, 5) is 11.2. The van der Waals surface area contributed by atoms with Gasteiger partial charge in [0.05, 0.1) is 12.4 Å². The van der Waals surface area contributed by atoms with Gasteiger partial charge in [-0.1, -0.05) is 19.8 Å². The average Bonchev–Trinajstić information content (AvgIpc) is 2.28. The van der Waals surface area contributed by atoms with Crippen LogP contribution in [0.1, 0.15) is 45.4 Å².